The summed E-state index contributed by atoms with van der Waals surface area (Å²) in [5.41, 5.74) is 5.65. The molecule has 0 saturated heterocycles. The van der Waals surface area contributed by atoms with Crippen LogP contribution in [0.15, 0.2) is 0 Å². The van der Waals surface area contributed by atoms with Gasteiger partial charge in [0.15, 0.2) is 0 Å². The molecule has 2 atom stereocenters. The Kier molecular flexibility index (Phi) is 9.09. The minimum absolute atomic E-state index is 0.0457. The number of carbonyl (C=O) groups excluding carboxylic acids is 1. The monoisotopic (exact) mass is 244 g/mol. The van der Waals surface area contributed by atoms with E-state index in [1.54, 1.807) is 0 Å². The second-order valence-corrected chi connectivity index (χ2v) is 5.14. The van der Waals surface area contributed by atoms with Crippen LogP contribution in [0.1, 0.15) is 46.5 Å². The molecule has 0 aromatic rings. The molecule has 1 unspecified atom stereocenters. The smallest absolute Gasteiger partial charge is 0.220 e. The van der Waals surface area contributed by atoms with Gasteiger partial charge in [-0.2, -0.15) is 0 Å². The molecule has 17 heavy (non-hydrogen) atoms. The highest BCUT2D eigenvalue weighted by atomic mass is 16.3. The molecule has 4 N–H and O–H groups in total. The van der Waals surface area contributed by atoms with Crippen LogP contribution in [0.5, 0.6) is 0 Å². The molecule has 0 saturated carbocycles. The lowest BCUT2D eigenvalue weighted by atomic mass is 9.94. The SMILES string of the molecule is CCC(O)CCNC(=O)C[C@@H](CN)CC(C)C. The van der Waals surface area contributed by atoms with E-state index in [2.05, 4.69) is 19.2 Å². The van der Waals surface area contributed by atoms with Gasteiger partial charge in [-0.3, -0.25) is 4.79 Å². The Hall–Kier alpha value is -0.610. The van der Waals surface area contributed by atoms with Crippen molar-refractivity contribution in [3.8, 4) is 0 Å². The van der Waals surface area contributed by atoms with E-state index < -0.39 is 0 Å². The van der Waals surface area contributed by atoms with Crippen LogP contribution in [0.2, 0.25) is 0 Å². The summed E-state index contributed by atoms with van der Waals surface area (Å²) < 4.78 is 0. The summed E-state index contributed by atoms with van der Waals surface area (Å²) in [5.74, 6) is 0.883. The van der Waals surface area contributed by atoms with E-state index in [1.165, 1.54) is 0 Å². The van der Waals surface area contributed by atoms with Crippen molar-refractivity contribution < 1.29 is 9.90 Å². The van der Waals surface area contributed by atoms with Gasteiger partial charge >= 0.3 is 0 Å². The molecule has 0 aromatic carbocycles. The first-order chi connectivity index (χ1) is 7.99. The zero-order valence-electron chi connectivity index (χ0n) is 11.4. The van der Waals surface area contributed by atoms with E-state index in [-0.39, 0.29) is 17.9 Å². The Bertz CT molecular complexity index is 208. The van der Waals surface area contributed by atoms with Crippen molar-refractivity contribution in [2.75, 3.05) is 13.1 Å². The fourth-order valence-corrected chi connectivity index (χ4v) is 1.85. The molecule has 0 bridgehead atoms. The largest absolute Gasteiger partial charge is 0.393 e. The second kappa shape index (κ2) is 9.42. The van der Waals surface area contributed by atoms with Gasteiger partial charge in [-0.1, -0.05) is 20.8 Å². The van der Waals surface area contributed by atoms with Gasteiger partial charge in [-0.15, -0.1) is 0 Å². The normalized spacial score (nSPS) is 14.7. The fraction of sp³-hybridized carbons (Fsp3) is 0.923. The maximum absolute atomic E-state index is 11.6. The van der Waals surface area contributed by atoms with Crippen LogP contribution in [0.25, 0.3) is 0 Å². The van der Waals surface area contributed by atoms with Crippen LogP contribution < -0.4 is 11.1 Å². The fourth-order valence-electron chi connectivity index (χ4n) is 1.85. The van der Waals surface area contributed by atoms with Gasteiger partial charge in [0.1, 0.15) is 0 Å². The van der Waals surface area contributed by atoms with Crippen LogP contribution in [0.3, 0.4) is 0 Å². The molecule has 102 valence electrons. The Balaban J connectivity index is 3.75. The number of nitrogens with two attached hydrogens (primary N) is 1. The number of hydrogen-bond donors (Lipinski definition) is 3. The lowest BCUT2D eigenvalue weighted by molar-refractivity contribution is -0.122. The molecule has 4 heteroatoms. The van der Waals surface area contributed by atoms with Crippen molar-refractivity contribution in [2.24, 2.45) is 17.6 Å². The van der Waals surface area contributed by atoms with Crippen molar-refractivity contribution in [3.05, 3.63) is 0 Å². The van der Waals surface area contributed by atoms with E-state index in [4.69, 9.17) is 5.73 Å². The zero-order valence-corrected chi connectivity index (χ0v) is 11.4. The second-order valence-electron chi connectivity index (χ2n) is 5.14. The predicted molar refractivity (Wildman–Crippen MR) is 70.5 cm³/mol. The Labute approximate surface area is 105 Å². The minimum Gasteiger partial charge on any atom is -0.393 e. The molecule has 0 fully saturated rings. The number of rotatable bonds is 9. The van der Waals surface area contributed by atoms with Crippen LogP contribution >= 0.6 is 0 Å². The van der Waals surface area contributed by atoms with Crippen molar-refractivity contribution >= 4 is 5.91 Å². The molecular weight excluding hydrogens is 216 g/mol. The summed E-state index contributed by atoms with van der Waals surface area (Å²) in [4.78, 5) is 11.6. The first-order valence-electron chi connectivity index (χ1n) is 6.64. The highest BCUT2D eigenvalue weighted by molar-refractivity contribution is 5.76. The molecule has 4 nitrogen and oxygen atoms in total. The Morgan fingerprint density at radius 3 is 2.53 bits per heavy atom. The maximum atomic E-state index is 11.6. The summed E-state index contributed by atoms with van der Waals surface area (Å²) in [6, 6.07) is 0. The van der Waals surface area contributed by atoms with Crippen molar-refractivity contribution in [2.45, 2.75) is 52.6 Å². The highest BCUT2D eigenvalue weighted by Crippen LogP contribution is 2.13. The molecule has 0 rings (SSSR count). The van der Waals surface area contributed by atoms with Crippen LogP contribution in [-0.2, 0) is 4.79 Å². The Morgan fingerprint density at radius 2 is 2.06 bits per heavy atom. The minimum atomic E-state index is -0.309. The highest BCUT2D eigenvalue weighted by Gasteiger charge is 2.13. The quantitative estimate of drug-likeness (QED) is 0.572. The number of hydrogen-bond acceptors (Lipinski definition) is 3. The first-order valence-corrected chi connectivity index (χ1v) is 6.64. The average molecular weight is 244 g/mol. The summed E-state index contributed by atoms with van der Waals surface area (Å²) in [5, 5.41) is 12.2. The van der Waals surface area contributed by atoms with Crippen LogP contribution in [-0.4, -0.2) is 30.2 Å². The van der Waals surface area contributed by atoms with Gasteiger partial charge in [0.05, 0.1) is 6.10 Å². The summed E-state index contributed by atoms with van der Waals surface area (Å²) in [7, 11) is 0. The topological polar surface area (TPSA) is 75.3 Å². The molecule has 0 aliphatic rings. The molecule has 0 spiro atoms. The average Bonchev–Trinajstić information content (AvgIpc) is 2.27. The van der Waals surface area contributed by atoms with E-state index >= 15 is 0 Å². The number of amides is 1. The van der Waals surface area contributed by atoms with E-state index in [9.17, 15) is 9.90 Å². The van der Waals surface area contributed by atoms with Crippen molar-refractivity contribution in [1.82, 2.24) is 5.32 Å². The molecule has 0 aromatic heterocycles. The predicted octanol–water partition coefficient (Wildman–Crippen LogP) is 1.27. The molecule has 0 aliphatic heterocycles. The van der Waals surface area contributed by atoms with Gasteiger partial charge in [0, 0.05) is 13.0 Å². The van der Waals surface area contributed by atoms with E-state index in [0.717, 1.165) is 12.8 Å². The molecule has 0 aliphatic carbocycles. The zero-order chi connectivity index (χ0) is 13.3. The molecule has 1 amide bonds. The van der Waals surface area contributed by atoms with Crippen molar-refractivity contribution in [3.63, 3.8) is 0 Å². The summed E-state index contributed by atoms with van der Waals surface area (Å²) in [6.07, 6.45) is 2.53. The molecule has 0 radical (unpaired) electrons. The summed E-state index contributed by atoms with van der Waals surface area (Å²) in [6.45, 7) is 7.31. The van der Waals surface area contributed by atoms with Crippen LogP contribution in [0.4, 0.5) is 0 Å². The third-order valence-corrected chi connectivity index (χ3v) is 2.88. The van der Waals surface area contributed by atoms with Gasteiger partial charge in [-0.25, -0.2) is 0 Å². The standard InChI is InChI=1S/C13H28N2O2/c1-4-12(16)5-6-15-13(17)8-11(9-14)7-10(2)3/h10-12,16H,4-9,14H2,1-3H3,(H,15,17)/t11-,12?/m0/s1. The molecule has 0 heterocycles. The van der Waals surface area contributed by atoms with Crippen molar-refractivity contribution in [1.29, 1.82) is 0 Å². The first kappa shape index (κ1) is 16.4. The number of nitrogens with one attached hydrogen (secondary N) is 1. The lowest BCUT2D eigenvalue weighted by Gasteiger charge is -2.16. The van der Waals surface area contributed by atoms with E-state index in [0.29, 0.717) is 31.8 Å². The maximum Gasteiger partial charge on any atom is 0.220 e. The van der Waals surface area contributed by atoms with Gasteiger partial charge < -0.3 is 16.2 Å². The lowest BCUT2D eigenvalue weighted by Crippen LogP contribution is -2.30. The van der Waals surface area contributed by atoms with E-state index in [1.807, 2.05) is 6.92 Å². The Morgan fingerprint density at radius 1 is 1.41 bits per heavy atom. The third-order valence-electron chi connectivity index (χ3n) is 2.88. The van der Waals surface area contributed by atoms with Gasteiger partial charge in [0.25, 0.3) is 0 Å². The number of carbonyl (C=O) groups is 1. The molecular formula is C13H28N2O2. The van der Waals surface area contributed by atoms with Crippen LogP contribution in [0, 0.1) is 11.8 Å². The summed E-state index contributed by atoms with van der Waals surface area (Å²) >= 11 is 0. The number of aliphatic hydroxyl groups is 1. The van der Waals surface area contributed by atoms with Gasteiger partial charge in [-0.05, 0) is 37.6 Å². The van der Waals surface area contributed by atoms with Gasteiger partial charge in [0.2, 0.25) is 5.91 Å². The number of aliphatic hydroxyl groups excluding tert-OH is 1. The third kappa shape index (κ3) is 9.12.